The van der Waals surface area contributed by atoms with Crippen LogP contribution in [0.1, 0.15) is 11.1 Å². The van der Waals surface area contributed by atoms with Gasteiger partial charge < -0.3 is 40.2 Å². The first kappa shape index (κ1) is 37.9. The maximum atomic E-state index is 13.0. The van der Waals surface area contributed by atoms with Crippen LogP contribution in [0.3, 0.4) is 0 Å². The van der Waals surface area contributed by atoms with E-state index in [2.05, 4.69) is 10.3 Å². The molecule has 0 saturated heterocycles. The Morgan fingerprint density at radius 3 is 1.78 bits per heavy atom. The molecule has 264 valence electrons. The zero-order chi connectivity index (χ0) is 36.1. The lowest BCUT2D eigenvalue weighted by atomic mass is 10.00. The summed E-state index contributed by atoms with van der Waals surface area (Å²) in [6.07, 6.45) is 0.354. The van der Waals surface area contributed by atoms with Crippen molar-refractivity contribution in [1.29, 1.82) is 0 Å². The fraction of sp³-hybridized carbons (Fsp3) is 0.375. The molecule has 1 amide bonds. The molecule has 49 heavy (non-hydrogen) atoms. The van der Waals surface area contributed by atoms with Crippen molar-refractivity contribution in [2.45, 2.75) is 6.42 Å². The standard InChI is InChI=1S/C32H39N5O12/c1-48-23-4-6-26(49-2)21(12-23)11-20-13-27(38)34-25-14-22(3-5-24(20)25)33-28(39)15-36(17-30(42)43)9-7-35(16-29(40)41)8-10-37(18-31(44)45)19-32(46)47/h3-6,12-14H,7-11,15-19H2,1-2H3,(H,33,39)(H,34,38)(H,40,41)(H,42,43)(H,44,45)(H,46,47). The van der Waals surface area contributed by atoms with E-state index in [0.717, 1.165) is 15.8 Å². The first-order valence-corrected chi connectivity index (χ1v) is 15.0. The maximum Gasteiger partial charge on any atom is 0.317 e. The Kier molecular flexibility index (Phi) is 14.0. The molecule has 0 bridgehead atoms. The van der Waals surface area contributed by atoms with E-state index in [9.17, 15) is 39.0 Å². The number of amides is 1. The van der Waals surface area contributed by atoms with Gasteiger partial charge in [0, 0.05) is 55.3 Å². The fourth-order valence-electron chi connectivity index (χ4n) is 5.21. The number of fused-ring (bicyclic) bond motifs is 1. The maximum absolute atomic E-state index is 13.0. The summed E-state index contributed by atoms with van der Waals surface area (Å²) in [6, 6.07) is 11.8. The molecule has 2 aromatic carbocycles. The fourth-order valence-corrected chi connectivity index (χ4v) is 5.21. The van der Waals surface area contributed by atoms with Gasteiger partial charge in [-0.1, -0.05) is 6.07 Å². The molecule has 0 spiro atoms. The average molecular weight is 686 g/mol. The lowest BCUT2D eigenvalue weighted by molar-refractivity contribution is -0.143. The minimum atomic E-state index is -1.25. The van der Waals surface area contributed by atoms with Crippen molar-refractivity contribution in [2.24, 2.45) is 0 Å². The summed E-state index contributed by atoms with van der Waals surface area (Å²) in [7, 11) is 3.09. The zero-order valence-electron chi connectivity index (χ0n) is 27.0. The number of hydrogen-bond acceptors (Lipinski definition) is 11. The smallest absolute Gasteiger partial charge is 0.317 e. The van der Waals surface area contributed by atoms with Gasteiger partial charge in [-0.05, 0) is 35.9 Å². The lowest BCUT2D eigenvalue weighted by Gasteiger charge is -2.27. The van der Waals surface area contributed by atoms with Gasteiger partial charge in [-0.25, -0.2) is 0 Å². The predicted molar refractivity (Wildman–Crippen MR) is 175 cm³/mol. The van der Waals surface area contributed by atoms with Crippen LogP contribution in [-0.2, 0) is 30.4 Å². The third-order valence-corrected chi connectivity index (χ3v) is 7.35. The van der Waals surface area contributed by atoms with Crippen LogP contribution >= 0.6 is 0 Å². The number of methoxy groups -OCH3 is 2. The van der Waals surface area contributed by atoms with Crippen LogP contribution in [0.4, 0.5) is 5.69 Å². The number of carbonyl (C=O) groups excluding carboxylic acids is 1. The summed E-state index contributed by atoms with van der Waals surface area (Å²) in [6.45, 7) is -2.71. The number of nitrogens with one attached hydrogen (secondary N) is 2. The van der Waals surface area contributed by atoms with Crippen molar-refractivity contribution in [1.82, 2.24) is 19.7 Å². The van der Waals surface area contributed by atoms with E-state index in [1.54, 1.807) is 44.6 Å². The third-order valence-electron chi connectivity index (χ3n) is 7.35. The van der Waals surface area contributed by atoms with Gasteiger partial charge in [0.25, 0.3) is 0 Å². The normalized spacial score (nSPS) is 11.2. The number of carboxylic acid groups (broad SMARTS) is 4. The highest BCUT2D eigenvalue weighted by Gasteiger charge is 2.20. The Hall–Kier alpha value is -5.52. The number of nitrogens with zero attached hydrogens (tertiary/aromatic N) is 3. The molecule has 1 heterocycles. The third kappa shape index (κ3) is 12.5. The Bertz CT molecular complexity index is 1710. The number of carboxylic acids is 4. The largest absolute Gasteiger partial charge is 0.497 e. The molecule has 17 heteroatoms. The second kappa shape index (κ2) is 18.1. The number of aromatic nitrogens is 1. The van der Waals surface area contributed by atoms with Gasteiger partial charge in [-0.15, -0.1) is 0 Å². The Morgan fingerprint density at radius 1 is 0.673 bits per heavy atom. The molecule has 0 unspecified atom stereocenters. The first-order valence-electron chi connectivity index (χ1n) is 15.0. The highest BCUT2D eigenvalue weighted by Crippen LogP contribution is 2.29. The molecule has 0 saturated carbocycles. The van der Waals surface area contributed by atoms with E-state index in [4.69, 9.17) is 19.7 Å². The number of aromatic amines is 1. The molecule has 0 aliphatic carbocycles. The summed E-state index contributed by atoms with van der Waals surface area (Å²) in [4.78, 5) is 77.4. The van der Waals surface area contributed by atoms with E-state index in [1.165, 1.54) is 15.9 Å². The number of benzene rings is 2. The van der Waals surface area contributed by atoms with E-state index >= 15 is 0 Å². The van der Waals surface area contributed by atoms with E-state index in [0.29, 0.717) is 34.7 Å². The van der Waals surface area contributed by atoms with Crippen molar-refractivity contribution in [2.75, 3.05) is 78.4 Å². The molecular weight excluding hydrogens is 646 g/mol. The minimum absolute atomic E-state index is 0.0150. The van der Waals surface area contributed by atoms with Crippen LogP contribution in [0.15, 0.2) is 47.3 Å². The molecular formula is C32H39N5O12. The number of hydrogen-bond donors (Lipinski definition) is 6. The lowest BCUT2D eigenvalue weighted by Crippen LogP contribution is -2.46. The van der Waals surface area contributed by atoms with Crippen molar-refractivity contribution >= 4 is 46.4 Å². The van der Waals surface area contributed by atoms with Crippen molar-refractivity contribution in [3.8, 4) is 11.5 Å². The van der Waals surface area contributed by atoms with E-state index < -0.39 is 56.0 Å². The van der Waals surface area contributed by atoms with Crippen LogP contribution in [0, 0.1) is 0 Å². The molecule has 1 aromatic heterocycles. The Labute approximate surface area is 280 Å². The van der Waals surface area contributed by atoms with Gasteiger partial charge in [-0.3, -0.25) is 43.5 Å². The molecule has 0 radical (unpaired) electrons. The summed E-state index contributed by atoms with van der Waals surface area (Å²) in [5, 5.41) is 40.3. The van der Waals surface area contributed by atoms with E-state index in [1.807, 2.05) is 6.07 Å². The van der Waals surface area contributed by atoms with Crippen LogP contribution in [0.5, 0.6) is 11.5 Å². The monoisotopic (exact) mass is 685 g/mol. The van der Waals surface area contributed by atoms with Gasteiger partial charge in [0.05, 0.1) is 52.5 Å². The zero-order valence-corrected chi connectivity index (χ0v) is 27.0. The topological polar surface area (TPSA) is 239 Å². The van der Waals surface area contributed by atoms with Gasteiger partial charge in [0.1, 0.15) is 11.5 Å². The SMILES string of the molecule is COc1ccc(OC)c(Cc2cc(=O)[nH]c3cc(NC(=O)CN(CCN(CCN(CC(=O)O)CC(=O)O)CC(=O)O)CC(=O)O)ccc23)c1. The number of carbonyl (C=O) groups is 5. The summed E-state index contributed by atoms with van der Waals surface area (Å²) in [5.41, 5.74) is 1.93. The first-order chi connectivity index (χ1) is 23.3. The van der Waals surface area contributed by atoms with E-state index in [-0.39, 0.29) is 38.3 Å². The van der Waals surface area contributed by atoms with Gasteiger partial charge in [0.15, 0.2) is 0 Å². The quantitative estimate of drug-likeness (QED) is 0.0885. The van der Waals surface area contributed by atoms with Gasteiger partial charge in [0.2, 0.25) is 11.5 Å². The molecule has 0 fully saturated rings. The predicted octanol–water partition coefficient (Wildman–Crippen LogP) is 0.319. The summed E-state index contributed by atoms with van der Waals surface area (Å²) >= 11 is 0. The van der Waals surface area contributed by atoms with Crippen LogP contribution in [0.25, 0.3) is 10.9 Å². The summed E-state index contributed by atoms with van der Waals surface area (Å²) < 4.78 is 10.8. The molecule has 17 nitrogen and oxygen atoms in total. The Balaban J connectivity index is 1.72. The second-order valence-electron chi connectivity index (χ2n) is 11.1. The number of rotatable bonds is 21. The number of pyridine rings is 1. The molecule has 0 aliphatic rings. The Morgan fingerprint density at radius 2 is 1.22 bits per heavy atom. The van der Waals surface area contributed by atoms with Crippen LogP contribution in [0.2, 0.25) is 0 Å². The van der Waals surface area contributed by atoms with Crippen LogP contribution in [-0.4, -0.2) is 143 Å². The average Bonchev–Trinajstić information content (AvgIpc) is 3.00. The van der Waals surface area contributed by atoms with Gasteiger partial charge >= 0.3 is 23.9 Å². The number of aliphatic carboxylic acids is 4. The molecule has 6 N–H and O–H groups in total. The minimum Gasteiger partial charge on any atom is -0.497 e. The summed E-state index contributed by atoms with van der Waals surface area (Å²) in [5.74, 6) is -4.26. The molecule has 0 aliphatic heterocycles. The van der Waals surface area contributed by atoms with Crippen molar-refractivity contribution < 1.29 is 53.9 Å². The highest BCUT2D eigenvalue weighted by molar-refractivity contribution is 5.95. The second-order valence-corrected chi connectivity index (χ2v) is 11.1. The van der Waals surface area contributed by atoms with Crippen LogP contribution < -0.4 is 20.3 Å². The number of anilines is 1. The number of H-pyrrole nitrogens is 1. The highest BCUT2D eigenvalue weighted by atomic mass is 16.5. The van der Waals surface area contributed by atoms with Crippen molar-refractivity contribution in [3.05, 3.63) is 63.9 Å². The molecule has 3 rings (SSSR count). The molecule has 0 atom stereocenters. The number of ether oxygens (including phenoxy) is 2. The van der Waals surface area contributed by atoms with Gasteiger partial charge in [-0.2, -0.15) is 0 Å². The molecule has 3 aromatic rings. The van der Waals surface area contributed by atoms with Crippen molar-refractivity contribution in [3.63, 3.8) is 0 Å².